The molecule has 128 valence electrons. The number of benzene rings is 1. The maximum absolute atomic E-state index is 5.86. The molecule has 0 fully saturated rings. The zero-order valence-electron chi connectivity index (χ0n) is 14.8. The van der Waals surface area contributed by atoms with E-state index in [9.17, 15) is 0 Å². The molecule has 1 aliphatic rings. The number of anilines is 1. The molecule has 0 bridgehead atoms. The Kier molecular flexibility index (Phi) is 4.90. The molecule has 0 amide bonds. The van der Waals surface area contributed by atoms with Crippen molar-refractivity contribution in [2.45, 2.75) is 32.5 Å². The topological polar surface area (TPSA) is 46.6 Å². The van der Waals surface area contributed by atoms with Gasteiger partial charge >= 0.3 is 0 Å². The number of pyridine rings is 1. The lowest BCUT2D eigenvalue weighted by molar-refractivity contribution is 0.254. The van der Waals surface area contributed by atoms with Gasteiger partial charge in [0, 0.05) is 68.4 Å². The fourth-order valence-corrected chi connectivity index (χ4v) is 3.13. The average molecular weight is 327 g/mol. The summed E-state index contributed by atoms with van der Waals surface area (Å²) >= 11 is 0. The van der Waals surface area contributed by atoms with Crippen molar-refractivity contribution in [2.24, 2.45) is 0 Å². The predicted molar refractivity (Wildman–Crippen MR) is 95.9 cm³/mol. The molecular weight excluding hydrogens is 302 g/mol. The van der Waals surface area contributed by atoms with E-state index in [0.29, 0.717) is 0 Å². The highest BCUT2D eigenvalue weighted by molar-refractivity contribution is 5.51. The van der Waals surface area contributed by atoms with Crippen LogP contribution in [0, 0.1) is 0 Å². The van der Waals surface area contributed by atoms with E-state index < -0.39 is 0 Å². The fraction of sp³-hybridized carbons (Fsp3) is 0.421. The summed E-state index contributed by atoms with van der Waals surface area (Å²) in [5.74, 6) is 1.90. The van der Waals surface area contributed by atoms with Crippen LogP contribution in [-0.2, 0) is 19.5 Å². The summed E-state index contributed by atoms with van der Waals surface area (Å²) in [4.78, 5) is 6.33. The third kappa shape index (κ3) is 3.46. The fourth-order valence-electron chi connectivity index (χ4n) is 3.13. The van der Waals surface area contributed by atoms with Gasteiger partial charge in [0.25, 0.3) is 0 Å². The van der Waals surface area contributed by atoms with Gasteiger partial charge in [-0.2, -0.15) is 0 Å². The van der Waals surface area contributed by atoms with Gasteiger partial charge in [-0.3, -0.25) is 4.98 Å². The Morgan fingerprint density at radius 2 is 2.08 bits per heavy atom. The van der Waals surface area contributed by atoms with Crippen LogP contribution in [0.15, 0.2) is 30.6 Å². The molecule has 1 aromatic heterocycles. The van der Waals surface area contributed by atoms with Gasteiger partial charge < -0.3 is 19.7 Å². The van der Waals surface area contributed by atoms with Gasteiger partial charge in [0.15, 0.2) is 0 Å². The normalized spacial score (nSPS) is 15.8. The van der Waals surface area contributed by atoms with Crippen LogP contribution in [0.4, 0.5) is 5.69 Å². The first-order valence-corrected chi connectivity index (χ1v) is 8.26. The van der Waals surface area contributed by atoms with E-state index in [4.69, 9.17) is 9.47 Å². The lowest BCUT2D eigenvalue weighted by atomic mass is 10.1. The minimum absolute atomic E-state index is 0.242. The zero-order valence-corrected chi connectivity index (χ0v) is 14.8. The van der Waals surface area contributed by atoms with E-state index in [2.05, 4.69) is 34.3 Å². The van der Waals surface area contributed by atoms with Crippen molar-refractivity contribution in [3.05, 3.63) is 47.3 Å². The molecule has 0 saturated heterocycles. The minimum atomic E-state index is 0.242. The molecular formula is C19H25N3O2. The maximum atomic E-state index is 5.86. The smallest absolute Gasteiger partial charge is 0.123 e. The number of nitrogens with one attached hydrogen (secondary N) is 1. The Bertz CT molecular complexity index is 716. The third-order valence-corrected chi connectivity index (χ3v) is 4.29. The molecule has 1 aromatic carbocycles. The van der Waals surface area contributed by atoms with Crippen molar-refractivity contribution in [1.82, 2.24) is 10.3 Å². The highest BCUT2D eigenvalue weighted by Gasteiger charge is 2.21. The molecule has 5 heteroatoms. The van der Waals surface area contributed by atoms with E-state index in [1.165, 1.54) is 16.8 Å². The van der Waals surface area contributed by atoms with Crippen LogP contribution in [0.1, 0.15) is 23.6 Å². The Labute approximate surface area is 143 Å². The summed E-state index contributed by atoms with van der Waals surface area (Å²) < 4.78 is 11.4. The molecule has 0 aliphatic carbocycles. The Balaban J connectivity index is 1.70. The largest absolute Gasteiger partial charge is 0.496 e. The second kappa shape index (κ2) is 7.09. The van der Waals surface area contributed by atoms with Crippen molar-refractivity contribution >= 4 is 5.69 Å². The van der Waals surface area contributed by atoms with Gasteiger partial charge in [0.05, 0.1) is 7.11 Å². The van der Waals surface area contributed by atoms with Gasteiger partial charge in [-0.15, -0.1) is 0 Å². The van der Waals surface area contributed by atoms with Gasteiger partial charge in [-0.25, -0.2) is 0 Å². The Morgan fingerprint density at radius 1 is 1.29 bits per heavy atom. The molecule has 2 aromatic rings. The molecule has 0 radical (unpaired) electrons. The molecule has 1 atom stereocenters. The molecule has 2 heterocycles. The number of hydrogen-bond acceptors (Lipinski definition) is 5. The minimum Gasteiger partial charge on any atom is -0.496 e. The molecule has 5 nitrogen and oxygen atoms in total. The number of aromatic nitrogens is 1. The van der Waals surface area contributed by atoms with Crippen LogP contribution in [0.3, 0.4) is 0 Å². The third-order valence-electron chi connectivity index (χ3n) is 4.29. The Morgan fingerprint density at radius 3 is 2.83 bits per heavy atom. The monoisotopic (exact) mass is 327 g/mol. The molecule has 3 rings (SSSR count). The summed E-state index contributed by atoms with van der Waals surface area (Å²) in [6.45, 7) is 3.56. The highest BCUT2D eigenvalue weighted by Crippen LogP contribution is 2.35. The second-order valence-corrected chi connectivity index (χ2v) is 6.41. The molecule has 24 heavy (non-hydrogen) atoms. The number of methoxy groups -OCH3 is 1. The lowest BCUT2D eigenvalue weighted by Crippen LogP contribution is -2.18. The van der Waals surface area contributed by atoms with E-state index in [1.54, 1.807) is 7.11 Å². The van der Waals surface area contributed by atoms with Crippen LogP contribution in [0.2, 0.25) is 0 Å². The molecule has 0 saturated carbocycles. The van der Waals surface area contributed by atoms with E-state index in [-0.39, 0.29) is 6.10 Å². The van der Waals surface area contributed by atoms with Crippen LogP contribution >= 0.6 is 0 Å². The van der Waals surface area contributed by atoms with Gasteiger partial charge in [-0.05, 0) is 25.1 Å². The summed E-state index contributed by atoms with van der Waals surface area (Å²) in [5, 5.41) is 3.49. The molecule has 1 N–H and O–H groups in total. The summed E-state index contributed by atoms with van der Waals surface area (Å²) in [5.41, 5.74) is 4.69. The van der Waals surface area contributed by atoms with Crippen LogP contribution in [0.5, 0.6) is 11.5 Å². The molecule has 0 unspecified atom stereocenters. The summed E-state index contributed by atoms with van der Waals surface area (Å²) in [6.07, 6.45) is 4.92. The molecule has 0 spiro atoms. The van der Waals surface area contributed by atoms with Crippen molar-refractivity contribution < 1.29 is 9.47 Å². The van der Waals surface area contributed by atoms with Crippen molar-refractivity contribution in [3.63, 3.8) is 0 Å². The predicted octanol–water partition coefficient (Wildman–Crippen LogP) is 2.77. The number of ether oxygens (including phenoxy) is 2. The van der Waals surface area contributed by atoms with E-state index in [1.807, 2.05) is 32.6 Å². The van der Waals surface area contributed by atoms with Gasteiger partial charge in [0.2, 0.25) is 0 Å². The standard InChI is InChI=1S/C19H25N3O2/c1-13-7-14-8-18(23-4)15(9-19(14)24-13)10-21-12-16-11-20-6-5-17(16)22(2)3/h5-6,8-9,11,13,21H,7,10,12H2,1-4H3/t13-/m1/s1. The quantitative estimate of drug-likeness (QED) is 0.884. The highest BCUT2D eigenvalue weighted by atomic mass is 16.5. The van der Waals surface area contributed by atoms with Crippen molar-refractivity contribution in [3.8, 4) is 11.5 Å². The van der Waals surface area contributed by atoms with Crippen molar-refractivity contribution in [1.29, 1.82) is 0 Å². The average Bonchev–Trinajstić information content (AvgIpc) is 2.93. The van der Waals surface area contributed by atoms with Gasteiger partial charge in [-0.1, -0.05) is 0 Å². The maximum Gasteiger partial charge on any atom is 0.123 e. The lowest BCUT2D eigenvalue weighted by Gasteiger charge is -2.17. The number of nitrogens with zero attached hydrogens (tertiary/aromatic N) is 2. The second-order valence-electron chi connectivity index (χ2n) is 6.41. The number of hydrogen-bond donors (Lipinski definition) is 1. The summed E-state index contributed by atoms with van der Waals surface area (Å²) in [6, 6.07) is 6.23. The first kappa shape index (κ1) is 16.6. The zero-order chi connectivity index (χ0) is 17.1. The summed E-state index contributed by atoms with van der Waals surface area (Å²) in [7, 11) is 5.80. The van der Waals surface area contributed by atoms with Crippen LogP contribution in [0.25, 0.3) is 0 Å². The Hall–Kier alpha value is -2.27. The number of rotatable bonds is 6. The molecule has 1 aliphatic heterocycles. The van der Waals surface area contributed by atoms with Crippen molar-refractivity contribution in [2.75, 3.05) is 26.1 Å². The van der Waals surface area contributed by atoms with Gasteiger partial charge in [0.1, 0.15) is 17.6 Å². The first-order valence-electron chi connectivity index (χ1n) is 8.26. The van der Waals surface area contributed by atoms with E-state index in [0.717, 1.165) is 36.6 Å². The first-order chi connectivity index (χ1) is 11.6. The van der Waals surface area contributed by atoms with Crippen LogP contribution in [-0.4, -0.2) is 32.3 Å². The van der Waals surface area contributed by atoms with E-state index >= 15 is 0 Å². The number of fused-ring (bicyclic) bond motifs is 1. The SMILES string of the molecule is COc1cc2c(cc1CNCc1cnccc1N(C)C)O[C@H](C)C2. The van der Waals surface area contributed by atoms with Crippen LogP contribution < -0.4 is 19.7 Å².